The molecule has 2 nitrogen and oxygen atoms in total. The smallest absolute Gasteiger partial charge is 0.317 e. The molecule has 0 unspecified atom stereocenters. The van der Waals surface area contributed by atoms with E-state index in [1.165, 1.54) is 0 Å². The number of rotatable bonds is 0. The Morgan fingerprint density at radius 3 is 1.17 bits per heavy atom. The molecule has 40 valence electrons. The molecular formula is Cl3O2S-. The first-order valence-electron chi connectivity index (χ1n) is 0.642. The van der Waals surface area contributed by atoms with Gasteiger partial charge in [0, 0.05) is 21.4 Å². The Bertz CT molecular complexity index is 92.0. The molecule has 0 radical (unpaired) electrons. The van der Waals surface area contributed by atoms with E-state index in [9.17, 15) is 0 Å². The van der Waals surface area contributed by atoms with Crippen molar-refractivity contribution in [3.8, 4) is 0 Å². The molecule has 0 rings (SSSR count). The summed E-state index contributed by atoms with van der Waals surface area (Å²) in [6, 6.07) is 0. The SMILES string of the molecule is O=S(=O)(Cl)Cl.[Cl-]. The van der Waals surface area contributed by atoms with Crippen molar-refractivity contribution in [2.75, 3.05) is 0 Å². The summed E-state index contributed by atoms with van der Waals surface area (Å²) >= 11 is 0. The minimum atomic E-state index is -3.72. The van der Waals surface area contributed by atoms with Gasteiger partial charge in [0.15, 0.2) is 0 Å². The Kier molecular flexibility index (Phi) is 4.82. The lowest BCUT2D eigenvalue weighted by molar-refractivity contribution is -0.00000314. The summed E-state index contributed by atoms with van der Waals surface area (Å²) < 4.78 is 18.3. The number of hydrogen-bond acceptors (Lipinski definition) is 2. The minimum absolute atomic E-state index is 0. The monoisotopic (exact) mass is 169 g/mol. The van der Waals surface area contributed by atoms with E-state index in [1.807, 2.05) is 0 Å². The molecule has 0 amide bonds. The number of halogens is 3. The predicted octanol–water partition coefficient (Wildman–Crippen LogP) is -2.29. The molecule has 0 aromatic heterocycles. The lowest BCUT2D eigenvalue weighted by Crippen LogP contribution is -3.00. The zero-order chi connectivity index (χ0) is 4.50. The minimum Gasteiger partial charge on any atom is -1.00 e. The molecular weight excluding hydrogens is 170 g/mol. The summed E-state index contributed by atoms with van der Waals surface area (Å²) in [6.45, 7) is 0. The summed E-state index contributed by atoms with van der Waals surface area (Å²) in [7, 11) is 4.81. The maximum Gasteiger partial charge on any atom is 0.317 e. The van der Waals surface area contributed by atoms with E-state index in [1.54, 1.807) is 0 Å². The highest BCUT2D eigenvalue weighted by molar-refractivity contribution is 8.31. The Hall–Kier alpha value is 0.820. The van der Waals surface area contributed by atoms with Gasteiger partial charge < -0.3 is 12.4 Å². The highest BCUT2D eigenvalue weighted by atomic mass is 36.0. The molecule has 0 atom stereocenters. The molecule has 0 saturated carbocycles. The van der Waals surface area contributed by atoms with Gasteiger partial charge >= 0.3 is 8.26 Å². The highest BCUT2D eigenvalue weighted by Gasteiger charge is 1.88. The maximum absolute atomic E-state index is 9.16. The van der Waals surface area contributed by atoms with Crippen LogP contribution in [0.1, 0.15) is 0 Å². The Morgan fingerprint density at radius 1 is 1.17 bits per heavy atom. The average molecular weight is 170 g/mol. The van der Waals surface area contributed by atoms with E-state index >= 15 is 0 Å². The summed E-state index contributed by atoms with van der Waals surface area (Å²) in [5.74, 6) is 0. The third kappa shape index (κ3) is 105. The highest BCUT2D eigenvalue weighted by Crippen LogP contribution is 1.98. The second-order valence-corrected chi connectivity index (χ2v) is 4.05. The Labute approximate surface area is 50.8 Å². The standard InChI is InChI=1S/Cl2O2S.ClH/c1-5(2,3)4;/h;1H/p-1. The second kappa shape index (κ2) is 2.91. The van der Waals surface area contributed by atoms with Crippen LogP contribution >= 0.6 is 21.4 Å². The van der Waals surface area contributed by atoms with Gasteiger partial charge in [-0.25, -0.2) is 0 Å². The van der Waals surface area contributed by atoms with Crippen LogP contribution in [0.2, 0.25) is 0 Å². The van der Waals surface area contributed by atoms with Crippen molar-refractivity contribution in [3.63, 3.8) is 0 Å². The maximum atomic E-state index is 9.16. The van der Waals surface area contributed by atoms with Crippen molar-refractivity contribution in [1.82, 2.24) is 0 Å². The van der Waals surface area contributed by atoms with E-state index in [0.717, 1.165) is 0 Å². The lowest BCUT2D eigenvalue weighted by atomic mass is 15.9. The molecule has 0 aliphatic heterocycles. The van der Waals surface area contributed by atoms with Crippen molar-refractivity contribution < 1.29 is 20.8 Å². The zero-order valence-corrected chi connectivity index (χ0v) is 5.44. The van der Waals surface area contributed by atoms with E-state index < -0.39 is 8.26 Å². The van der Waals surface area contributed by atoms with Crippen LogP contribution in [-0.2, 0) is 8.26 Å². The summed E-state index contributed by atoms with van der Waals surface area (Å²) in [5.41, 5.74) is 0. The van der Waals surface area contributed by atoms with Gasteiger partial charge in [-0.3, -0.25) is 0 Å². The first-order valence-corrected chi connectivity index (χ1v) is 3.78. The summed E-state index contributed by atoms with van der Waals surface area (Å²) in [5, 5.41) is 0. The zero-order valence-electron chi connectivity index (χ0n) is 2.36. The van der Waals surface area contributed by atoms with Crippen molar-refractivity contribution in [1.29, 1.82) is 0 Å². The first kappa shape index (κ1) is 9.94. The van der Waals surface area contributed by atoms with Crippen LogP contribution in [0.15, 0.2) is 0 Å². The van der Waals surface area contributed by atoms with E-state index in [2.05, 4.69) is 21.4 Å². The quantitative estimate of drug-likeness (QED) is 0.384. The molecule has 0 aliphatic rings. The third-order valence-electron chi connectivity index (χ3n) is 0. The molecule has 0 aliphatic carbocycles. The predicted molar refractivity (Wildman–Crippen MR) is 20.6 cm³/mol. The fourth-order valence-electron chi connectivity index (χ4n) is 0. The molecule has 0 saturated heterocycles. The third-order valence-corrected chi connectivity index (χ3v) is 0. The van der Waals surface area contributed by atoms with Gasteiger partial charge in [0.1, 0.15) is 0 Å². The lowest BCUT2D eigenvalue weighted by Gasteiger charge is -1.61. The van der Waals surface area contributed by atoms with Gasteiger partial charge in [-0.1, -0.05) is 0 Å². The fourth-order valence-corrected chi connectivity index (χ4v) is 0. The molecule has 0 aromatic rings. The van der Waals surface area contributed by atoms with Crippen molar-refractivity contribution >= 4 is 29.6 Å². The van der Waals surface area contributed by atoms with Crippen molar-refractivity contribution in [3.05, 3.63) is 0 Å². The van der Waals surface area contributed by atoms with Gasteiger partial charge in [0.2, 0.25) is 0 Å². The van der Waals surface area contributed by atoms with Crippen molar-refractivity contribution in [2.24, 2.45) is 0 Å². The average Bonchev–Trinajstić information content (AvgIpc) is 0.722. The van der Waals surface area contributed by atoms with Gasteiger partial charge in [-0.05, 0) is 0 Å². The van der Waals surface area contributed by atoms with Crippen LogP contribution in [0.5, 0.6) is 0 Å². The number of hydrogen-bond donors (Lipinski definition) is 0. The van der Waals surface area contributed by atoms with E-state index in [4.69, 9.17) is 8.42 Å². The van der Waals surface area contributed by atoms with Crippen molar-refractivity contribution in [2.45, 2.75) is 0 Å². The van der Waals surface area contributed by atoms with E-state index in [-0.39, 0.29) is 12.4 Å². The first-order chi connectivity index (χ1) is 2.00. The fraction of sp³-hybridized carbons (Fsp3) is 0. The van der Waals surface area contributed by atoms with Gasteiger partial charge in [-0.2, -0.15) is 8.42 Å². The van der Waals surface area contributed by atoms with Gasteiger partial charge in [0.05, 0.1) is 0 Å². The van der Waals surface area contributed by atoms with Crippen LogP contribution in [0, 0.1) is 0 Å². The Morgan fingerprint density at radius 2 is 1.17 bits per heavy atom. The van der Waals surface area contributed by atoms with Crippen LogP contribution in [0.3, 0.4) is 0 Å². The molecule has 0 aromatic carbocycles. The summed E-state index contributed by atoms with van der Waals surface area (Å²) in [6.07, 6.45) is 0. The normalized spacial score (nSPS) is 9.67. The van der Waals surface area contributed by atoms with Crippen LogP contribution in [0.4, 0.5) is 0 Å². The molecule has 0 N–H and O–H groups in total. The molecule has 0 fully saturated rings. The van der Waals surface area contributed by atoms with E-state index in [0.29, 0.717) is 0 Å². The molecule has 0 spiro atoms. The molecule has 0 heterocycles. The van der Waals surface area contributed by atoms with Crippen LogP contribution < -0.4 is 12.4 Å². The van der Waals surface area contributed by atoms with Crippen LogP contribution in [0.25, 0.3) is 0 Å². The van der Waals surface area contributed by atoms with Gasteiger partial charge in [0.25, 0.3) is 0 Å². The molecule has 0 bridgehead atoms. The largest absolute Gasteiger partial charge is 1.00 e. The summed E-state index contributed by atoms with van der Waals surface area (Å²) in [4.78, 5) is 0. The Balaban J connectivity index is 0. The van der Waals surface area contributed by atoms with Crippen LogP contribution in [-0.4, -0.2) is 8.42 Å². The molecule has 6 heavy (non-hydrogen) atoms. The second-order valence-electron chi connectivity index (χ2n) is 0.378. The van der Waals surface area contributed by atoms with Gasteiger partial charge in [-0.15, -0.1) is 0 Å². The molecule has 6 heteroatoms. The topological polar surface area (TPSA) is 34.1 Å².